The third-order valence-corrected chi connectivity index (χ3v) is 2.42. The summed E-state index contributed by atoms with van der Waals surface area (Å²) >= 11 is 1.11. The Balaban J connectivity index is 2.28. The molecule has 0 aliphatic heterocycles. The highest BCUT2D eigenvalue weighted by atomic mass is 32.1. The Hall–Kier alpha value is -1.33. The van der Waals surface area contributed by atoms with Crippen molar-refractivity contribution in [3.8, 4) is 0 Å². The minimum atomic E-state index is -0.325. The summed E-state index contributed by atoms with van der Waals surface area (Å²) in [4.78, 5) is 0. The third-order valence-electron chi connectivity index (χ3n) is 1.93. The van der Waals surface area contributed by atoms with Gasteiger partial charge in [-0.1, -0.05) is 12.1 Å². The molecule has 1 atom stereocenters. The molecule has 72 valence electrons. The van der Waals surface area contributed by atoms with Crippen LogP contribution in [0.5, 0.6) is 0 Å². The van der Waals surface area contributed by atoms with Gasteiger partial charge in [-0.05, 0) is 17.7 Å². The molecule has 1 aromatic heterocycles. The number of hydrogen-bond acceptors (Lipinski definition) is 4. The first-order valence-corrected chi connectivity index (χ1v) is 4.79. The third kappa shape index (κ3) is 1.78. The molecule has 2 rings (SSSR count). The highest BCUT2D eigenvalue weighted by Gasteiger charge is 2.10. The van der Waals surface area contributed by atoms with Gasteiger partial charge in [0.2, 0.25) is 0 Å². The van der Waals surface area contributed by atoms with E-state index >= 15 is 0 Å². The van der Waals surface area contributed by atoms with E-state index in [1.54, 1.807) is 18.3 Å². The van der Waals surface area contributed by atoms with Crippen molar-refractivity contribution in [3.63, 3.8) is 0 Å². The SMILES string of the molecule is NC(c1ccc(F)cc1)c1cnsn1. The Morgan fingerprint density at radius 3 is 2.57 bits per heavy atom. The standard InChI is InChI=1S/C9H8FN3S/c10-7-3-1-6(2-4-7)9(11)8-5-12-14-13-8/h1-5,9H,11H2. The molecule has 14 heavy (non-hydrogen) atoms. The summed E-state index contributed by atoms with van der Waals surface area (Å²) in [5.41, 5.74) is 7.43. The van der Waals surface area contributed by atoms with Gasteiger partial charge in [-0.2, -0.15) is 8.75 Å². The molecule has 1 heterocycles. The van der Waals surface area contributed by atoms with Gasteiger partial charge in [0.1, 0.15) is 5.82 Å². The molecule has 1 unspecified atom stereocenters. The number of halogens is 1. The summed E-state index contributed by atoms with van der Waals surface area (Å²) in [5.74, 6) is -0.266. The molecule has 0 bridgehead atoms. The highest BCUT2D eigenvalue weighted by molar-refractivity contribution is 6.99. The maximum atomic E-state index is 12.6. The fraction of sp³-hybridized carbons (Fsp3) is 0.111. The zero-order valence-electron chi connectivity index (χ0n) is 7.22. The van der Waals surface area contributed by atoms with E-state index in [0.717, 1.165) is 17.3 Å². The Bertz CT molecular complexity index is 399. The van der Waals surface area contributed by atoms with Gasteiger partial charge in [0.05, 0.1) is 29.7 Å². The smallest absolute Gasteiger partial charge is 0.123 e. The molecule has 0 spiro atoms. The van der Waals surface area contributed by atoms with Crippen LogP contribution in [0.25, 0.3) is 0 Å². The highest BCUT2D eigenvalue weighted by Crippen LogP contribution is 2.17. The van der Waals surface area contributed by atoms with Crippen LogP contribution in [0.3, 0.4) is 0 Å². The van der Waals surface area contributed by atoms with Crippen LogP contribution < -0.4 is 5.73 Å². The second-order valence-electron chi connectivity index (χ2n) is 2.86. The molecule has 0 saturated heterocycles. The molecule has 0 amide bonds. The minimum absolute atomic E-state index is 0.266. The van der Waals surface area contributed by atoms with E-state index in [4.69, 9.17) is 5.73 Å². The maximum absolute atomic E-state index is 12.6. The van der Waals surface area contributed by atoms with E-state index in [2.05, 4.69) is 8.75 Å². The molecule has 5 heteroatoms. The largest absolute Gasteiger partial charge is 0.319 e. The molecule has 0 aliphatic carbocycles. The van der Waals surface area contributed by atoms with Crippen molar-refractivity contribution in [1.82, 2.24) is 8.75 Å². The second kappa shape index (κ2) is 3.81. The fourth-order valence-corrected chi connectivity index (χ4v) is 1.61. The lowest BCUT2D eigenvalue weighted by atomic mass is 10.1. The van der Waals surface area contributed by atoms with E-state index in [0.29, 0.717) is 5.69 Å². The van der Waals surface area contributed by atoms with Crippen molar-refractivity contribution in [1.29, 1.82) is 0 Å². The molecule has 1 aromatic carbocycles. The van der Waals surface area contributed by atoms with Crippen molar-refractivity contribution < 1.29 is 4.39 Å². The van der Waals surface area contributed by atoms with Crippen LogP contribution in [0.15, 0.2) is 30.5 Å². The van der Waals surface area contributed by atoms with Crippen LogP contribution in [0.2, 0.25) is 0 Å². The van der Waals surface area contributed by atoms with Crippen molar-refractivity contribution in [2.24, 2.45) is 5.73 Å². The first-order chi connectivity index (χ1) is 6.77. The summed E-state index contributed by atoms with van der Waals surface area (Å²) in [6.45, 7) is 0. The Kier molecular flexibility index (Phi) is 2.51. The maximum Gasteiger partial charge on any atom is 0.123 e. The first kappa shape index (κ1) is 9.23. The number of benzene rings is 1. The quantitative estimate of drug-likeness (QED) is 0.819. The lowest BCUT2D eigenvalue weighted by molar-refractivity contribution is 0.626. The molecule has 0 radical (unpaired) electrons. The van der Waals surface area contributed by atoms with Gasteiger partial charge in [0, 0.05) is 0 Å². The van der Waals surface area contributed by atoms with Gasteiger partial charge in [0.25, 0.3) is 0 Å². The number of aromatic nitrogens is 2. The lowest BCUT2D eigenvalue weighted by Gasteiger charge is -2.07. The molecular formula is C9H8FN3S. The lowest BCUT2D eigenvalue weighted by Crippen LogP contribution is -2.11. The van der Waals surface area contributed by atoms with Gasteiger partial charge in [-0.25, -0.2) is 4.39 Å². The van der Waals surface area contributed by atoms with Gasteiger partial charge in [-0.15, -0.1) is 0 Å². The average Bonchev–Trinajstić information content (AvgIpc) is 2.71. The van der Waals surface area contributed by atoms with Crippen LogP contribution in [-0.4, -0.2) is 8.75 Å². The normalized spacial score (nSPS) is 12.7. The van der Waals surface area contributed by atoms with Crippen LogP contribution >= 0.6 is 11.7 Å². The van der Waals surface area contributed by atoms with Crippen molar-refractivity contribution in [2.75, 3.05) is 0 Å². The molecule has 0 saturated carbocycles. The summed E-state index contributed by atoms with van der Waals surface area (Å²) in [6, 6.07) is 5.75. The molecule has 2 aromatic rings. The predicted molar refractivity (Wildman–Crippen MR) is 52.3 cm³/mol. The Morgan fingerprint density at radius 2 is 2.00 bits per heavy atom. The van der Waals surface area contributed by atoms with E-state index in [-0.39, 0.29) is 11.9 Å². The van der Waals surface area contributed by atoms with Gasteiger partial charge < -0.3 is 5.73 Å². The molecule has 3 nitrogen and oxygen atoms in total. The Labute approximate surface area is 84.7 Å². The summed E-state index contributed by atoms with van der Waals surface area (Å²) < 4.78 is 20.5. The van der Waals surface area contributed by atoms with Crippen molar-refractivity contribution in [3.05, 3.63) is 47.5 Å². The number of rotatable bonds is 2. The molecule has 0 aliphatic rings. The van der Waals surface area contributed by atoms with E-state index < -0.39 is 0 Å². The van der Waals surface area contributed by atoms with E-state index in [1.165, 1.54) is 12.1 Å². The number of hydrogen-bond donors (Lipinski definition) is 1. The van der Waals surface area contributed by atoms with Crippen LogP contribution in [0.4, 0.5) is 4.39 Å². The van der Waals surface area contributed by atoms with Crippen LogP contribution in [-0.2, 0) is 0 Å². The van der Waals surface area contributed by atoms with E-state index in [1.807, 2.05) is 0 Å². The fourth-order valence-electron chi connectivity index (χ4n) is 1.15. The second-order valence-corrected chi connectivity index (χ2v) is 3.42. The van der Waals surface area contributed by atoms with E-state index in [9.17, 15) is 4.39 Å². The molecular weight excluding hydrogens is 201 g/mol. The molecule has 2 N–H and O–H groups in total. The van der Waals surface area contributed by atoms with Crippen LogP contribution in [0.1, 0.15) is 17.3 Å². The van der Waals surface area contributed by atoms with Crippen molar-refractivity contribution >= 4 is 11.7 Å². The number of nitrogens with zero attached hydrogens (tertiary/aromatic N) is 2. The monoisotopic (exact) mass is 209 g/mol. The summed E-state index contributed by atoms with van der Waals surface area (Å²) in [5, 5.41) is 0. The minimum Gasteiger partial charge on any atom is -0.319 e. The zero-order valence-corrected chi connectivity index (χ0v) is 8.04. The topological polar surface area (TPSA) is 51.8 Å². The van der Waals surface area contributed by atoms with Gasteiger partial charge in [-0.3, -0.25) is 0 Å². The van der Waals surface area contributed by atoms with Gasteiger partial charge >= 0.3 is 0 Å². The average molecular weight is 209 g/mol. The van der Waals surface area contributed by atoms with Crippen LogP contribution in [0, 0.1) is 5.82 Å². The summed E-state index contributed by atoms with van der Waals surface area (Å²) in [6.07, 6.45) is 1.62. The molecule has 0 fully saturated rings. The Morgan fingerprint density at radius 1 is 1.29 bits per heavy atom. The summed E-state index contributed by atoms with van der Waals surface area (Å²) in [7, 11) is 0. The van der Waals surface area contributed by atoms with Gasteiger partial charge in [0.15, 0.2) is 0 Å². The van der Waals surface area contributed by atoms with Crippen molar-refractivity contribution in [2.45, 2.75) is 6.04 Å². The first-order valence-electron chi connectivity index (χ1n) is 4.06. The zero-order chi connectivity index (χ0) is 9.97. The number of nitrogens with two attached hydrogens (primary N) is 1. The predicted octanol–water partition coefficient (Wildman–Crippen LogP) is 1.73.